The Balaban J connectivity index is 2.44. The maximum atomic E-state index is 12.0. The number of nitrogens with two attached hydrogens (primary N) is 1. The molecule has 0 aromatic heterocycles. The van der Waals surface area contributed by atoms with Crippen LogP contribution in [0.15, 0.2) is 24.3 Å². The first-order chi connectivity index (χ1) is 10.1. The monoisotopic (exact) mass is 293 g/mol. The predicted octanol–water partition coefficient (Wildman–Crippen LogP) is 0.969. The third kappa shape index (κ3) is 6.37. The van der Waals surface area contributed by atoms with Crippen LogP contribution in [-0.2, 0) is 20.9 Å². The third-order valence-electron chi connectivity index (χ3n) is 3.15. The summed E-state index contributed by atoms with van der Waals surface area (Å²) < 4.78 is 4.59. The van der Waals surface area contributed by atoms with Crippen molar-refractivity contribution in [3.05, 3.63) is 29.8 Å². The average molecular weight is 293 g/mol. The van der Waals surface area contributed by atoms with Crippen LogP contribution in [0.5, 0.6) is 0 Å². The zero-order valence-corrected chi connectivity index (χ0v) is 12.6. The molecule has 0 aliphatic carbocycles. The zero-order chi connectivity index (χ0) is 15.7. The van der Waals surface area contributed by atoms with Crippen molar-refractivity contribution in [2.45, 2.75) is 19.9 Å². The summed E-state index contributed by atoms with van der Waals surface area (Å²) in [5.74, 6) is -0.381. The molecule has 0 atom stereocenters. The molecule has 0 unspecified atom stereocenters. The number of benzene rings is 1. The van der Waals surface area contributed by atoms with Gasteiger partial charge >= 0.3 is 5.97 Å². The van der Waals surface area contributed by atoms with E-state index in [1.807, 2.05) is 36.1 Å². The maximum absolute atomic E-state index is 12.0. The van der Waals surface area contributed by atoms with Crippen LogP contribution in [0.1, 0.15) is 18.9 Å². The summed E-state index contributed by atoms with van der Waals surface area (Å²) in [5, 5.41) is 2.82. The molecule has 0 saturated heterocycles. The largest absolute Gasteiger partial charge is 0.469 e. The van der Waals surface area contributed by atoms with Gasteiger partial charge in [-0.05, 0) is 24.2 Å². The summed E-state index contributed by atoms with van der Waals surface area (Å²) in [5.41, 5.74) is 7.27. The predicted molar refractivity (Wildman–Crippen MR) is 81.7 cm³/mol. The first-order valence-corrected chi connectivity index (χ1v) is 6.97. The van der Waals surface area contributed by atoms with E-state index < -0.39 is 0 Å². The molecule has 1 aromatic carbocycles. The van der Waals surface area contributed by atoms with Crippen LogP contribution in [0.2, 0.25) is 0 Å². The van der Waals surface area contributed by atoms with Gasteiger partial charge < -0.3 is 15.8 Å². The summed E-state index contributed by atoms with van der Waals surface area (Å²) in [6.07, 6.45) is 0.281. The lowest BCUT2D eigenvalue weighted by Gasteiger charge is -2.19. The number of carbonyl (C=O) groups is 2. The van der Waals surface area contributed by atoms with Gasteiger partial charge in [0, 0.05) is 18.8 Å². The Hall–Kier alpha value is -1.92. The highest BCUT2D eigenvalue weighted by Gasteiger charge is 2.11. The van der Waals surface area contributed by atoms with Gasteiger partial charge in [0.2, 0.25) is 5.91 Å². The van der Waals surface area contributed by atoms with E-state index in [0.717, 1.165) is 11.3 Å². The standard InChI is InChI=1S/C15H23N3O3/c1-3-18(9-8-15(20)21-2)11-14(19)17-13-6-4-12(10-16)5-7-13/h4-7H,3,8-11,16H2,1-2H3,(H,17,19). The van der Waals surface area contributed by atoms with Crippen LogP contribution in [0, 0.1) is 0 Å². The molecule has 1 amide bonds. The number of methoxy groups -OCH3 is 1. The number of nitrogens with one attached hydrogen (secondary N) is 1. The quantitative estimate of drug-likeness (QED) is 0.698. The number of rotatable bonds is 8. The second-order valence-electron chi connectivity index (χ2n) is 4.64. The number of carbonyl (C=O) groups excluding carboxylic acids is 2. The average Bonchev–Trinajstić information content (AvgIpc) is 2.51. The number of amides is 1. The molecule has 1 rings (SSSR count). The van der Waals surface area contributed by atoms with Crippen molar-refractivity contribution >= 4 is 17.6 Å². The minimum absolute atomic E-state index is 0.109. The number of likely N-dealkylation sites (N-methyl/N-ethyl adjacent to an activating group) is 1. The molecule has 0 aliphatic heterocycles. The second kappa shape index (κ2) is 9.10. The Bertz CT molecular complexity index is 460. The van der Waals surface area contributed by atoms with Gasteiger partial charge in [0.25, 0.3) is 0 Å². The van der Waals surface area contributed by atoms with Crippen LogP contribution < -0.4 is 11.1 Å². The van der Waals surface area contributed by atoms with E-state index in [1.54, 1.807) is 0 Å². The van der Waals surface area contributed by atoms with Crippen LogP contribution >= 0.6 is 0 Å². The highest BCUT2D eigenvalue weighted by molar-refractivity contribution is 5.92. The molecule has 21 heavy (non-hydrogen) atoms. The van der Waals surface area contributed by atoms with Crippen LogP contribution in [0.3, 0.4) is 0 Å². The van der Waals surface area contributed by atoms with Crippen LogP contribution in [0.4, 0.5) is 5.69 Å². The molecule has 0 heterocycles. The van der Waals surface area contributed by atoms with Gasteiger partial charge in [-0.1, -0.05) is 19.1 Å². The Kier molecular flexibility index (Phi) is 7.42. The van der Waals surface area contributed by atoms with Crippen LogP contribution in [-0.4, -0.2) is 43.5 Å². The van der Waals surface area contributed by atoms with E-state index in [9.17, 15) is 9.59 Å². The lowest BCUT2D eigenvalue weighted by molar-refractivity contribution is -0.141. The smallest absolute Gasteiger partial charge is 0.306 e. The van der Waals surface area contributed by atoms with Crippen LogP contribution in [0.25, 0.3) is 0 Å². The second-order valence-corrected chi connectivity index (χ2v) is 4.64. The van der Waals surface area contributed by atoms with E-state index in [-0.39, 0.29) is 24.8 Å². The fourth-order valence-corrected chi connectivity index (χ4v) is 1.83. The van der Waals surface area contributed by atoms with Crippen molar-refractivity contribution in [2.24, 2.45) is 5.73 Å². The van der Waals surface area contributed by atoms with E-state index in [1.165, 1.54) is 7.11 Å². The van der Waals surface area contributed by atoms with Gasteiger partial charge in [0.05, 0.1) is 20.1 Å². The Morgan fingerprint density at radius 2 is 1.95 bits per heavy atom. The Labute approximate surface area is 125 Å². The number of hydrogen-bond acceptors (Lipinski definition) is 5. The van der Waals surface area contributed by atoms with Gasteiger partial charge in [-0.15, -0.1) is 0 Å². The first kappa shape index (κ1) is 17.1. The van der Waals surface area contributed by atoms with Gasteiger partial charge in [-0.2, -0.15) is 0 Å². The summed E-state index contributed by atoms with van der Waals surface area (Å²) >= 11 is 0. The van der Waals surface area contributed by atoms with Gasteiger partial charge in [0.1, 0.15) is 0 Å². The SMILES string of the molecule is CCN(CCC(=O)OC)CC(=O)Nc1ccc(CN)cc1. The van der Waals surface area contributed by atoms with E-state index in [4.69, 9.17) is 5.73 Å². The molecular formula is C15H23N3O3. The molecule has 0 saturated carbocycles. The number of ether oxygens (including phenoxy) is 1. The van der Waals surface area contributed by atoms with E-state index in [0.29, 0.717) is 19.6 Å². The topological polar surface area (TPSA) is 84.7 Å². The van der Waals surface area contributed by atoms with Gasteiger partial charge in [-0.25, -0.2) is 0 Å². The third-order valence-corrected chi connectivity index (χ3v) is 3.15. The fourth-order valence-electron chi connectivity index (χ4n) is 1.83. The van der Waals surface area contributed by atoms with Crippen molar-refractivity contribution in [3.8, 4) is 0 Å². The molecule has 116 valence electrons. The van der Waals surface area contributed by atoms with E-state index in [2.05, 4.69) is 10.1 Å². The number of nitrogens with zero attached hydrogens (tertiary/aromatic N) is 1. The van der Waals surface area contributed by atoms with Crippen molar-refractivity contribution in [2.75, 3.05) is 32.1 Å². The summed E-state index contributed by atoms with van der Waals surface area (Å²) in [6, 6.07) is 7.41. The first-order valence-electron chi connectivity index (χ1n) is 6.97. The molecule has 6 nitrogen and oxygen atoms in total. The zero-order valence-electron chi connectivity index (χ0n) is 12.6. The van der Waals surface area contributed by atoms with Crippen molar-refractivity contribution < 1.29 is 14.3 Å². The van der Waals surface area contributed by atoms with Crippen molar-refractivity contribution in [3.63, 3.8) is 0 Å². The Morgan fingerprint density at radius 3 is 2.48 bits per heavy atom. The molecular weight excluding hydrogens is 270 g/mol. The summed E-state index contributed by atoms with van der Waals surface area (Å²) in [6.45, 7) is 3.86. The van der Waals surface area contributed by atoms with Crippen molar-refractivity contribution in [1.29, 1.82) is 0 Å². The molecule has 0 radical (unpaired) electrons. The number of esters is 1. The van der Waals surface area contributed by atoms with E-state index >= 15 is 0 Å². The summed E-state index contributed by atoms with van der Waals surface area (Å²) in [4.78, 5) is 25.0. The highest BCUT2D eigenvalue weighted by atomic mass is 16.5. The molecule has 0 bridgehead atoms. The normalized spacial score (nSPS) is 10.5. The molecule has 0 spiro atoms. The molecule has 0 fully saturated rings. The van der Waals surface area contributed by atoms with Crippen molar-refractivity contribution in [1.82, 2.24) is 4.90 Å². The fraction of sp³-hybridized carbons (Fsp3) is 0.467. The number of anilines is 1. The highest BCUT2D eigenvalue weighted by Crippen LogP contribution is 2.09. The minimum Gasteiger partial charge on any atom is -0.469 e. The van der Waals surface area contributed by atoms with Gasteiger partial charge in [-0.3, -0.25) is 14.5 Å². The Morgan fingerprint density at radius 1 is 1.29 bits per heavy atom. The minimum atomic E-state index is -0.272. The van der Waals surface area contributed by atoms with Gasteiger partial charge in [0.15, 0.2) is 0 Å². The lowest BCUT2D eigenvalue weighted by Crippen LogP contribution is -2.34. The molecule has 3 N–H and O–H groups in total. The molecule has 0 aliphatic rings. The summed E-state index contributed by atoms with van der Waals surface area (Å²) in [7, 11) is 1.36. The number of hydrogen-bond donors (Lipinski definition) is 2. The lowest BCUT2D eigenvalue weighted by atomic mass is 10.2. The maximum Gasteiger partial charge on any atom is 0.306 e. The molecule has 6 heteroatoms. The molecule has 1 aromatic rings.